The molecule has 0 saturated heterocycles. The van der Waals surface area contributed by atoms with E-state index in [9.17, 15) is 4.79 Å². The zero-order chi connectivity index (χ0) is 15.6. The highest BCUT2D eigenvalue weighted by Gasteiger charge is 2.22. The van der Waals surface area contributed by atoms with Gasteiger partial charge in [-0.15, -0.1) is 0 Å². The van der Waals surface area contributed by atoms with Crippen LogP contribution in [0.2, 0.25) is 0 Å². The summed E-state index contributed by atoms with van der Waals surface area (Å²) in [6.45, 7) is 13.0. The molecule has 1 rings (SSSR count). The van der Waals surface area contributed by atoms with E-state index in [-0.39, 0.29) is 23.9 Å². The number of ether oxygens (including phenoxy) is 1. The third kappa shape index (κ3) is 4.55. The number of benzene rings is 1. The molecule has 0 aliphatic rings. The molecule has 0 amide bonds. The van der Waals surface area contributed by atoms with Gasteiger partial charge in [-0.1, -0.05) is 53.7 Å². The van der Waals surface area contributed by atoms with Crippen molar-refractivity contribution in [3.05, 3.63) is 29.3 Å². The number of hydrogen-bond donors (Lipinski definition) is 1. The fourth-order valence-electron chi connectivity index (χ4n) is 1.98. The molecule has 112 valence electrons. The lowest BCUT2D eigenvalue weighted by atomic mass is 9.81. The molecule has 0 atom stereocenters. The fraction of sp³-hybridized carbons (Fsp3) is 0.588. The minimum absolute atomic E-state index is 0.0172. The fourth-order valence-corrected chi connectivity index (χ4v) is 1.98. The van der Waals surface area contributed by atoms with E-state index in [0.717, 1.165) is 11.3 Å². The first-order valence-electron chi connectivity index (χ1n) is 7.01. The van der Waals surface area contributed by atoms with Crippen LogP contribution >= 0.6 is 0 Å². The van der Waals surface area contributed by atoms with Crippen LogP contribution in [-0.2, 0) is 15.6 Å². The van der Waals surface area contributed by atoms with Crippen LogP contribution in [0.5, 0.6) is 5.75 Å². The summed E-state index contributed by atoms with van der Waals surface area (Å²) in [4.78, 5) is 10.6. The molecule has 0 aliphatic heterocycles. The van der Waals surface area contributed by atoms with Crippen molar-refractivity contribution in [1.82, 2.24) is 0 Å². The number of aliphatic carboxylic acids is 1. The Hall–Kier alpha value is -1.51. The minimum Gasteiger partial charge on any atom is -0.493 e. The third-order valence-corrected chi connectivity index (χ3v) is 3.23. The first kappa shape index (κ1) is 16.5. The summed E-state index contributed by atoms with van der Waals surface area (Å²) in [6.07, 6.45) is 0.0172. The average molecular weight is 278 g/mol. The van der Waals surface area contributed by atoms with Gasteiger partial charge in [-0.3, -0.25) is 4.79 Å². The zero-order valence-electron chi connectivity index (χ0n) is 13.4. The van der Waals surface area contributed by atoms with Crippen LogP contribution in [0.3, 0.4) is 0 Å². The Balaban J connectivity index is 3.10. The lowest BCUT2D eigenvalue weighted by Gasteiger charge is -2.26. The van der Waals surface area contributed by atoms with Gasteiger partial charge in [0, 0.05) is 0 Å². The molecular weight excluding hydrogens is 252 g/mol. The van der Waals surface area contributed by atoms with E-state index >= 15 is 0 Å². The van der Waals surface area contributed by atoms with Gasteiger partial charge in [-0.25, -0.2) is 0 Å². The third-order valence-electron chi connectivity index (χ3n) is 3.23. The Morgan fingerprint density at radius 1 is 1.10 bits per heavy atom. The molecule has 3 nitrogen and oxygen atoms in total. The van der Waals surface area contributed by atoms with Crippen LogP contribution in [0.15, 0.2) is 18.2 Å². The second kappa shape index (κ2) is 5.86. The van der Waals surface area contributed by atoms with E-state index in [2.05, 4.69) is 53.7 Å². The van der Waals surface area contributed by atoms with Gasteiger partial charge < -0.3 is 9.84 Å². The van der Waals surface area contributed by atoms with Gasteiger partial charge in [-0.05, 0) is 28.0 Å². The second-order valence-electron chi connectivity index (χ2n) is 7.20. The van der Waals surface area contributed by atoms with Crippen molar-refractivity contribution in [3.8, 4) is 5.75 Å². The van der Waals surface area contributed by atoms with Crippen molar-refractivity contribution >= 4 is 5.97 Å². The van der Waals surface area contributed by atoms with Crippen LogP contribution in [0.1, 0.15) is 59.1 Å². The average Bonchev–Trinajstić information content (AvgIpc) is 2.25. The first-order chi connectivity index (χ1) is 9.01. The quantitative estimate of drug-likeness (QED) is 0.900. The minimum atomic E-state index is -0.839. The second-order valence-corrected chi connectivity index (χ2v) is 7.20. The molecule has 20 heavy (non-hydrogen) atoms. The maximum atomic E-state index is 10.6. The van der Waals surface area contributed by atoms with Crippen molar-refractivity contribution in [2.45, 2.75) is 58.8 Å². The Morgan fingerprint density at radius 3 is 2.15 bits per heavy atom. The summed E-state index contributed by atoms with van der Waals surface area (Å²) >= 11 is 0. The molecule has 0 fully saturated rings. The van der Waals surface area contributed by atoms with Crippen LogP contribution < -0.4 is 4.74 Å². The maximum Gasteiger partial charge on any atom is 0.306 e. The van der Waals surface area contributed by atoms with Gasteiger partial charge in [0.15, 0.2) is 0 Å². The summed E-state index contributed by atoms with van der Waals surface area (Å²) in [5.41, 5.74) is 2.31. The van der Waals surface area contributed by atoms with Crippen LogP contribution in [0.25, 0.3) is 0 Å². The van der Waals surface area contributed by atoms with E-state index in [1.807, 2.05) is 6.07 Å². The van der Waals surface area contributed by atoms with Gasteiger partial charge in [0.05, 0.1) is 13.0 Å². The van der Waals surface area contributed by atoms with E-state index in [1.54, 1.807) is 0 Å². The smallest absolute Gasteiger partial charge is 0.306 e. The predicted molar refractivity (Wildman–Crippen MR) is 81.6 cm³/mol. The van der Waals surface area contributed by atoms with Gasteiger partial charge in [0.2, 0.25) is 0 Å². The summed E-state index contributed by atoms with van der Waals surface area (Å²) in [6, 6.07) is 6.27. The molecule has 0 aromatic heterocycles. The van der Waals surface area contributed by atoms with E-state index in [4.69, 9.17) is 9.84 Å². The molecule has 3 heteroatoms. The largest absolute Gasteiger partial charge is 0.493 e. The van der Waals surface area contributed by atoms with Crippen molar-refractivity contribution in [3.63, 3.8) is 0 Å². The molecular formula is C17H26O3. The Labute approximate surface area is 122 Å². The van der Waals surface area contributed by atoms with Crippen molar-refractivity contribution in [1.29, 1.82) is 0 Å². The lowest BCUT2D eigenvalue weighted by molar-refractivity contribution is -0.137. The summed E-state index contributed by atoms with van der Waals surface area (Å²) in [5.74, 6) is -0.0412. The number of carbonyl (C=O) groups is 1. The van der Waals surface area contributed by atoms with Crippen LogP contribution in [0.4, 0.5) is 0 Å². The summed E-state index contributed by atoms with van der Waals surface area (Å²) < 4.78 is 5.73. The highest BCUT2D eigenvalue weighted by Crippen LogP contribution is 2.35. The Bertz CT molecular complexity index is 476. The number of carboxylic acids is 1. The Morgan fingerprint density at radius 2 is 1.70 bits per heavy atom. The molecule has 0 aliphatic carbocycles. The molecule has 0 spiro atoms. The first-order valence-corrected chi connectivity index (χ1v) is 7.01. The molecule has 0 unspecified atom stereocenters. The molecule has 1 N–H and O–H groups in total. The predicted octanol–water partition coefficient (Wildman–Crippen LogP) is 4.14. The van der Waals surface area contributed by atoms with E-state index in [0.29, 0.717) is 0 Å². The lowest BCUT2D eigenvalue weighted by Crippen LogP contribution is -2.17. The SMILES string of the molecule is CC(C)(C)c1ccc(C(C)(C)C)c(OCCC(=O)O)c1. The van der Waals surface area contributed by atoms with Gasteiger partial charge >= 0.3 is 5.97 Å². The normalized spacial score (nSPS) is 12.3. The van der Waals surface area contributed by atoms with Gasteiger partial charge in [0.25, 0.3) is 0 Å². The number of rotatable bonds is 4. The molecule has 1 aromatic carbocycles. The monoisotopic (exact) mass is 278 g/mol. The number of carboxylic acid groups (broad SMARTS) is 1. The summed E-state index contributed by atoms with van der Waals surface area (Å²) in [7, 11) is 0. The molecule has 0 saturated carbocycles. The van der Waals surface area contributed by atoms with Gasteiger partial charge in [0.1, 0.15) is 5.75 Å². The number of hydrogen-bond acceptors (Lipinski definition) is 2. The molecule has 0 radical (unpaired) electrons. The van der Waals surface area contributed by atoms with Crippen molar-refractivity contribution < 1.29 is 14.6 Å². The highest BCUT2D eigenvalue weighted by molar-refractivity contribution is 5.66. The summed E-state index contributed by atoms with van der Waals surface area (Å²) in [5, 5.41) is 8.72. The molecule has 0 heterocycles. The highest BCUT2D eigenvalue weighted by atomic mass is 16.5. The van der Waals surface area contributed by atoms with Crippen molar-refractivity contribution in [2.75, 3.05) is 6.61 Å². The van der Waals surface area contributed by atoms with E-state index in [1.165, 1.54) is 5.56 Å². The van der Waals surface area contributed by atoms with Gasteiger partial charge in [-0.2, -0.15) is 0 Å². The van der Waals surface area contributed by atoms with Crippen molar-refractivity contribution in [2.24, 2.45) is 0 Å². The topological polar surface area (TPSA) is 46.5 Å². The zero-order valence-corrected chi connectivity index (χ0v) is 13.4. The van der Waals surface area contributed by atoms with Crippen LogP contribution in [0, 0.1) is 0 Å². The molecule has 1 aromatic rings. The standard InChI is InChI=1S/C17H26O3/c1-16(2,3)12-7-8-13(17(4,5)6)14(11-12)20-10-9-15(18)19/h7-8,11H,9-10H2,1-6H3,(H,18,19). The van der Waals surface area contributed by atoms with Crippen LogP contribution in [-0.4, -0.2) is 17.7 Å². The molecule has 0 bridgehead atoms. The maximum absolute atomic E-state index is 10.6. The van der Waals surface area contributed by atoms with E-state index < -0.39 is 5.97 Å². The Kier molecular flexibility index (Phi) is 4.85.